The highest BCUT2D eigenvalue weighted by molar-refractivity contribution is 5.74. The Labute approximate surface area is 116 Å². The van der Waals surface area contributed by atoms with Crippen molar-refractivity contribution in [2.75, 3.05) is 0 Å². The van der Waals surface area contributed by atoms with Crippen LogP contribution >= 0.6 is 0 Å². The zero-order valence-corrected chi connectivity index (χ0v) is 11.6. The molecule has 1 saturated carbocycles. The number of rotatable bonds is 5. The van der Waals surface area contributed by atoms with E-state index >= 15 is 0 Å². The Morgan fingerprint density at radius 2 is 1.75 bits per heavy atom. The van der Waals surface area contributed by atoms with Crippen LogP contribution in [0.15, 0.2) is 0 Å². The van der Waals surface area contributed by atoms with E-state index < -0.39 is 30.1 Å². The van der Waals surface area contributed by atoms with E-state index in [-0.39, 0.29) is 6.10 Å². The maximum atomic E-state index is 13.4. The third kappa shape index (κ3) is 4.31. The number of aliphatic carboxylic acids is 1. The van der Waals surface area contributed by atoms with Crippen molar-refractivity contribution >= 4 is 12.1 Å². The summed E-state index contributed by atoms with van der Waals surface area (Å²) in [5, 5.41) is 10.4. The molecule has 116 valence electrons. The van der Waals surface area contributed by atoms with Gasteiger partial charge in [0, 0.05) is 0 Å². The fraction of sp³-hybridized carbons (Fsp3) is 0.846. The topological polar surface area (TPSA) is 75.7 Å². The summed E-state index contributed by atoms with van der Waals surface area (Å²) in [4.78, 5) is 21.9. The zero-order chi connectivity index (χ0) is 15.3. The summed E-state index contributed by atoms with van der Waals surface area (Å²) in [6.45, 7) is 2.66. The van der Waals surface area contributed by atoms with Crippen molar-refractivity contribution in [3.8, 4) is 0 Å². The summed E-state index contributed by atoms with van der Waals surface area (Å²) < 4.78 is 36.3. The first-order chi connectivity index (χ1) is 9.25. The second-order valence-electron chi connectivity index (χ2n) is 5.32. The number of carboxylic acids is 1. The number of alkyl halides is 2. The molecule has 0 spiro atoms. The minimum atomic E-state index is -4.25. The minimum absolute atomic E-state index is 0.347. The van der Waals surface area contributed by atoms with Crippen molar-refractivity contribution < 1.29 is 33.0 Å². The molecule has 0 bridgehead atoms. The lowest BCUT2D eigenvalue weighted by atomic mass is 9.98. The molecule has 0 radical (unpaired) electrons. The molecule has 1 fully saturated rings. The Kier molecular flexibility index (Phi) is 5.71. The van der Waals surface area contributed by atoms with Crippen molar-refractivity contribution in [1.82, 2.24) is 0 Å². The van der Waals surface area contributed by atoms with Crippen LogP contribution in [0.4, 0.5) is 13.6 Å². The molecule has 20 heavy (non-hydrogen) atoms. The average molecular weight is 293 g/mol. The van der Waals surface area contributed by atoms with E-state index in [1.807, 2.05) is 0 Å². The fourth-order valence-electron chi connectivity index (χ4n) is 2.20. The van der Waals surface area contributed by atoms with E-state index in [2.05, 4.69) is 4.74 Å². The molecule has 1 unspecified atom stereocenters. The van der Waals surface area contributed by atoms with Crippen LogP contribution in [0.5, 0.6) is 0 Å². The lowest BCUT2D eigenvalue weighted by Crippen LogP contribution is -2.53. The van der Waals surface area contributed by atoms with Crippen molar-refractivity contribution in [2.24, 2.45) is 5.92 Å². The number of hydrogen-bond donors (Lipinski definition) is 0. The maximum absolute atomic E-state index is 13.4. The van der Waals surface area contributed by atoms with E-state index in [1.165, 1.54) is 13.8 Å². The standard InChI is InChI=1S/C13H20F2O5/c1-8(2)10(13(14,15)11(16)17)20-12(18)19-9-6-4-3-5-7-9/h8-10H,3-7H2,1-2H3,(H,16,17)/p-1. The average Bonchev–Trinajstić information content (AvgIpc) is 2.36. The summed E-state index contributed by atoms with van der Waals surface area (Å²) in [5.41, 5.74) is 0. The first-order valence-electron chi connectivity index (χ1n) is 6.71. The summed E-state index contributed by atoms with van der Waals surface area (Å²) in [6, 6.07) is 0. The fourth-order valence-corrected chi connectivity index (χ4v) is 2.20. The third-order valence-corrected chi connectivity index (χ3v) is 3.27. The number of carbonyl (C=O) groups is 2. The second-order valence-corrected chi connectivity index (χ2v) is 5.32. The predicted octanol–water partition coefficient (Wildman–Crippen LogP) is 1.88. The van der Waals surface area contributed by atoms with Crippen molar-refractivity contribution in [1.29, 1.82) is 0 Å². The van der Waals surface area contributed by atoms with Crippen LogP contribution in [-0.4, -0.2) is 30.3 Å². The van der Waals surface area contributed by atoms with Crippen molar-refractivity contribution in [3.05, 3.63) is 0 Å². The van der Waals surface area contributed by atoms with Gasteiger partial charge in [-0.15, -0.1) is 0 Å². The molecule has 0 aromatic heterocycles. The molecular formula is C13H19F2O5-. The summed E-state index contributed by atoms with van der Waals surface area (Å²) in [5.74, 6) is -7.71. The highest BCUT2D eigenvalue weighted by atomic mass is 19.3. The molecule has 0 N–H and O–H groups in total. The number of carboxylic acid groups (broad SMARTS) is 1. The van der Waals surface area contributed by atoms with Gasteiger partial charge in [0.05, 0.1) is 0 Å². The zero-order valence-electron chi connectivity index (χ0n) is 11.6. The number of halogens is 2. The van der Waals surface area contributed by atoms with E-state index in [9.17, 15) is 23.5 Å². The van der Waals surface area contributed by atoms with Gasteiger partial charge in [0.25, 0.3) is 0 Å². The van der Waals surface area contributed by atoms with Crippen molar-refractivity contribution in [3.63, 3.8) is 0 Å². The molecule has 7 heteroatoms. The molecule has 1 atom stereocenters. The molecule has 1 aliphatic carbocycles. The van der Waals surface area contributed by atoms with E-state index in [0.29, 0.717) is 12.8 Å². The lowest BCUT2D eigenvalue weighted by molar-refractivity contribution is -0.337. The van der Waals surface area contributed by atoms with Crippen molar-refractivity contribution in [2.45, 2.75) is 64.1 Å². The van der Waals surface area contributed by atoms with Crippen LogP contribution < -0.4 is 5.11 Å². The maximum Gasteiger partial charge on any atom is 0.509 e. The SMILES string of the molecule is CC(C)C(OC(=O)OC1CCCCC1)C(F)(F)C(=O)[O-]. The second kappa shape index (κ2) is 6.85. The van der Waals surface area contributed by atoms with Gasteiger partial charge in [-0.3, -0.25) is 0 Å². The van der Waals surface area contributed by atoms with Gasteiger partial charge in [0.2, 0.25) is 0 Å². The van der Waals surface area contributed by atoms with Gasteiger partial charge in [0.1, 0.15) is 12.1 Å². The minimum Gasteiger partial charge on any atom is -0.544 e. The molecule has 0 aliphatic heterocycles. The molecule has 5 nitrogen and oxygen atoms in total. The molecule has 0 aromatic rings. The third-order valence-electron chi connectivity index (χ3n) is 3.27. The molecular weight excluding hydrogens is 274 g/mol. The highest BCUT2D eigenvalue weighted by Gasteiger charge is 2.46. The molecule has 0 saturated heterocycles. The van der Waals surface area contributed by atoms with Gasteiger partial charge in [-0.05, 0) is 31.6 Å². The van der Waals surface area contributed by atoms with E-state index in [0.717, 1.165) is 19.3 Å². The van der Waals surface area contributed by atoms with Crippen LogP contribution in [0.25, 0.3) is 0 Å². The van der Waals surface area contributed by atoms with Gasteiger partial charge >= 0.3 is 12.1 Å². The van der Waals surface area contributed by atoms with E-state index in [4.69, 9.17) is 4.74 Å². The van der Waals surface area contributed by atoms with Gasteiger partial charge in [0.15, 0.2) is 6.10 Å². The van der Waals surface area contributed by atoms with Crippen LogP contribution in [0, 0.1) is 5.92 Å². The van der Waals surface area contributed by atoms with Gasteiger partial charge in [-0.2, -0.15) is 8.78 Å². The van der Waals surface area contributed by atoms with Gasteiger partial charge in [-0.25, -0.2) is 4.79 Å². The Balaban J connectivity index is 2.61. The number of ether oxygens (including phenoxy) is 2. The molecule has 1 rings (SSSR count). The number of hydrogen-bond acceptors (Lipinski definition) is 5. The quantitative estimate of drug-likeness (QED) is 0.723. The van der Waals surface area contributed by atoms with Crippen LogP contribution in [0.3, 0.4) is 0 Å². The molecule has 0 heterocycles. The molecule has 0 amide bonds. The van der Waals surface area contributed by atoms with E-state index in [1.54, 1.807) is 0 Å². The van der Waals surface area contributed by atoms with Crippen LogP contribution in [-0.2, 0) is 14.3 Å². The first kappa shape index (κ1) is 16.7. The molecule has 1 aliphatic rings. The van der Waals surface area contributed by atoms with Crippen LogP contribution in [0.2, 0.25) is 0 Å². The monoisotopic (exact) mass is 293 g/mol. The molecule has 0 aromatic carbocycles. The highest BCUT2D eigenvalue weighted by Crippen LogP contribution is 2.28. The summed E-state index contributed by atoms with van der Waals surface area (Å²) in [7, 11) is 0. The Hall–Kier alpha value is -1.40. The number of carbonyl (C=O) groups excluding carboxylic acids is 2. The van der Waals surface area contributed by atoms with Gasteiger partial charge in [-0.1, -0.05) is 20.3 Å². The van der Waals surface area contributed by atoms with Gasteiger partial charge < -0.3 is 19.4 Å². The normalized spacial score (nSPS) is 18.6. The van der Waals surface area contributed by atoms with Crippen LogP contribution in [0.1, 0.15) is 46.0 Å². The summed E-state index contributed by atoms with van der Waals surface area (Å²) in [6.07, 6.45) is 0.477. The lowest BCUT2D eigenvalue weighted by Gasteiger charge is -2.30. The Bertz CT molecular complexity index is 351. The Morgan fingerprint density at radius 3 is 2.20 bits per heavy atom. The largest absolute Gasteiger partial charge is 0.544 e. The Morgan fingerprint density at radius 1 is 1.20 bits per heavy atom. The summed E-state index contributed by atoms with van der Waals surface area (Å²) >= 11 is 0. The first-order valence-corrected chi connectivity index (χ1v) is 6.71. The predicted molar refractivity (Wildman–Crippen MR) is 63.0 cm³/mol. The smallest absolute Gasteiger partial charge is 0.509 e.